The summed E-state index contributed by atoms with van der Waals surface area (Å²) in [6.07, 6.45) is -4.71. The quantitative estimate of drug-likeness (QED) is 0.736. The predicted molar refractivity (Wildman–Crippen MR) is 82.0 cm³/mol. The van der Waals surface area contributed by atoms with Gasteiger partial charge in [0.2, 0.25) is 0 Å². The molecule has 0 saturated heterocycles. The third-order valence-corrected chi connectivity index (χ3v) is 4.76. The fraction of sp³-hybridized carbons (Fsp3) is 0.200. The number of hydrogen-bond donors (Lipinski definition) is 0. The second-order valence-electron chi connectivity index (χ2n) is 4.83. The summed E-state index contributed by atoms with van der Waals surface area (Å²) in [5, 5.41) is -0.380. The topological polar surface area (TPSA) is 52.6 Å². The molecule has 0 N–H and O–H groups in total. The Morgan fingerprint density at radius 3 is 2.29 bits per heavy atom. The fourth-order valence-corrected chi connectivity index (χ4v) is 3.32. The van der Waals surface area contributed by atoms with Crippen LogP contribution in [0.4, 0.5) is 13.2 Å². The summed E-state index contributed by atoms with van der Waals surface area (Å²) in [4.78, 5) is -0.776. The van der Waals surface area contributed by atoms with Crippen LogP contribution in [0.2, 0.25) is 5.02 Å². The van der Waals surface area contributed by atoms with Crippen molar-refractivity contribution in [3.05, 3.63) is 52.5 Å². The molecule has 24 heavy (non-hydrogen) atoms. The van der Waals surface area contributed by atoms with E-state index in [4.69, 9.17) is 20.5 Å². The molecule has 0 bridgehead atoms. The first-order valence-electron chi connectivity index (χ1n) is 6.50. The van der Waals surface area contributed by atoms with Gasteiger partial charge in [-0.3, -0.25) is 0 Å². The van der Waals surface area contributed by atoms with Gasteiger partial charge in [-0.1, -0.05) is 17.7 Å². The summed E-state index contributed by atoms with van der Waals surface area (Å²) in [5.74, 6) is -0.0294. The van der Waals surface area contributed by atoms with E-state index < -0.39 is 26.8 Å². The summed E-state index contributed by atoms with van der Waals surface area (Å²) < 4.78 is 72.9. The van der Waals surface area contributed by atoms with Gasteiger partial charge in [0.25, 0.3) is 0 Å². The Morgan fingerprint density at radius 2 is 1.71 bits per heavy atom. The lowest BCUT2D eigenvalue weighted by molar-refractivity contribution is -0.137. The highest BCUT2D eigenvalue weighted by Gasteiger charge is 2.33. The van der Waals surface area contributed by atoms with Gasteiger partial charge in [-0.2, -0.15) is 21.6 Å². The van der Waals surface area contributed by atoms with E-state index in [0.717, 1.165) is 11.6 Å². The lowest BCUT2D eigenvalue weighted by Crippen LogP contribution is -2.13. The van der Waals surface area contributed by atoms with Crippen LogP contribution in [-0.4, -0.2) is 15.5 Å². The van der Waals surface area contributed by atoms with E-state index in [2.05, 4.69) is 0 Å². The van der Waals surface area contributed by atoms with E-state index in [1.165, 1.54) is 19.2 Å². The Labute approximate surface area is 141 Å². The van der Waals surface area contributed by atoms with Gasteiger partial charge in [-0.15, -0.1) is 0 Å². The predicted octanol–water partition coefficient (Wildman–Crippen LogP) is 4.44. The summed E-state index contributed by atoms with van der Waals surface area (Å²) >= 11 is 5.74. The second kappa shape index (κ2) is 6.52. The second-order valence-corrected chi connectivity index (χ2v) is 6.76. The third kappa shape index (κ3) is 3.93. The maximum Gasteiger partial charge on any atom is 0.416 e. The van der Waals surface area contributed by atoms with Crippen LogP contribution in [0.25, 0.3) is 0 Å². The van der Waals surface area contributed by atoms with Gasteiger partial charge < -0.3 is 8.92 Å². The van der Waals surface area contributed by atoms with Crippen molar-refractivity contribution in [1.82, 2.24) is 0 Å². The number of halogens is 4. The number of aryl methyl sites for hydroxylation is 1. The van der Waals surface area contributed by atoms with E-state index in [9.17, 15) is 21.6 Å². The van der Waals surface area contributed by atoms with E-state index >= 15 is 0 Å². The number of hydrogen-bond acceptors (Lipinski definition) is 4. The zero-order valence-corrected chi connectivity index (χ0v) is 14.1. The molecule has 0 radical (unpaired) electrons. The van der Waals surface area contributed by atoms with E-state index in [-0.39, 0.29) is 16.5 Å². The van der Waals surface area contributed by atoms with Crippen molar-refractivity contribution in [2.45, 2.75) is 18.0 Å². The molecule has 2 rings (SSSR count). The molecule has 130 valence electrons. The zero-order chi connectivity index (χ0) is 18.1. The standard InChI is InChI=1S/C15H12ClF3O4S/c1-9-3-6-12(13(7-9)22-2)23-24(20,21)14-8-10(15(17,18)19)4-5-11(14)16/h3-8H,1-2H3. The largest absolute Gasteiger partial charge is 0.493 e. The van der Waals surface area contributed by atoms with E-state index in [1.807, 2.05) is 0 Å². The lowest BCUT2D eigenvalue weighted by atomic mass is 10.2. The number of alkyl halides is 3. The summed E-state index contributed by atoms with van der Waals surface area (Å²) in [7, 11) is -3.27. The number of methoxy groups -OCH3 is 1. The zero-order valence-electron chi connectivity index (χ0n) is 12.5. The van der Waals surface area contributed by atoms with Gasteiger partial charge in [0.05, 0.1) is 17.7 Å². The van der Waals surface area contributed by atoms with Gasteiger partial charge in [0.15, 0.2) is 11.5 Å². The van der Waals surface area contributed by atoms with Crippen LogP contribution < -0.4 is 8.92 Å². The van der Waals surface area contributed by atoms with E-state index in [1.54, 1.807) is 13.0 Å². The monoisotopic (exact) mass is 380 g/mol. The van der Waals surface area contributed by atoms with Crippen molar-refractivity contribution in [2.24, 2.45) is 0 Å². The Kier molecular flexibility index (Phi) is 5.00. The summed E-state index contributed by atoms with van der Waals surface area (Å²) in [6.45, 7) is 1.75. The van der Waals surface area contributed by atoms with Crippen LogP contribution in [0.5, 0.6) is 11.5 Å². The molecule has 2 aromatic carbocycles. The third-order valence-electron chi connectivity index (χ3n) is 3.05. The van der Waals surface area contributed by atoms with Gasteiger partial charge in [-0.05, 0) is 42.8 Å². The molecule has 0 spiro atoms. The van der Waals surface area contributed by atoms with Crippen molar-refractivity contribution in [2.75, 3.05) is 7.11 Å². The highest BCUT2D eigenvalue weighted by molar-refractivity contribution is 7.87. The average molecular weight is 381 g/mol. The molecular weight excluding hydrogens is 369 g/mol. The Hall–Kier alpha value is -1.93. The molecule has 2 aromatic rings. The highest BCUT2D eigenvalue weighted by atomic mass is 35.5. The molecule has 0 aliphatic rings. The van der Waals surface area contributed by atoms with Crippen LogP contribution in [0.1, 0.15) is 11.1 Å². The van der Waals surface area contributed by atoms with Crippen molar-refractivity contribution in [3.8, 4) is 11.5 Å². The van der Waals surface area contributed by atoms with Crippen molar-refractivity contribution < 1.29 is 30.5 Å². The lowest BCUT2D eigenvalue weighted by Gasteiger charge is -2.13. The van der Waals surface area contributed by atoms with Gasteiger partial charge >= 0.3 is 16.3 Å². The van der Waals surface area contributed by atoms with Crippen LogP contribution in [-0.2, 0) is 16.3 Å². The van der Waals surface area contributed by atoms with Crippen LogP contribution in [0, 0.1) is 6.92 Å². The first-order valence-corrected chi connectivity index (χ1v) is 8.29. The molecule has 0 unspecified atom stereocenters. The van der Waals surface area contributed by atoms with Crippen molar-refractivity contribution >= 4 is 21.7 Å². The Bertz CT molecular complexity index is 864. The number of benzene rings is 2. The molecule has 0 heterocycles. The smallest absolute Gasteiger partial charge is 0.416 e. The van der Waals surface area contributed by atoms with Gasteiger partial charge in [-0.25, -0.2) is 0 Å². The molecule has 0 atom stereocenters. The Morgan fingerprint density at radius 1 is 1.04 bits per heavy atom. The minimum atomic E-state index is -4.71. The van der Waals surface area contributed by atoms with Gasteiger partial charge in [0, 0.05) is 0 Å². The average Bonchev–Trinajstić information content (AvgIpc) is 2.47. The molecule has 0 aliphatic carbocycles. The van der Waals surface area contributed by atoms with Crippen molar-refractivity contribution in [3.63, 3.8) is 0 Å². The first-order chi connectivity index (χ1) is 11.0. The minimum Gasteiger partial charge on any atom is -0.493 e. The fourth-order valence-electron chi connectivity index (χ4n) is 1.88. The highest BCUT2D eigenvalue weighted by Crippen LogP contribution is 2.36. The normalized spacial score (nSPS) is 12.1. The van der Waals surface area contributed by atoms with Crippen LogP contribution in [0.3, 0.4) is 0 Å². The SMILES string of the molecule is COc1cc(C)ccc1OS(=O)(=O)c1cc(C(F)(F)F)ccc1Cl. The number of rotatable bonds is 4. The molecular formula is C15H12ClF3O4S. The summed E-state index contributed by atoms with van der Waals surface area (Å²) in [6, 6.07) is 6.41. The van der Waals surface area contributed by atoms with Crippen LogP contribution in [0.15, 0.2) is 41.3 Å². The molecule has 0 saturated carbocycles. The maximum atomic E-state index is 12.8. The van der Waals surface area contributed by atoms with E-state index in [0.29, 0.717) is 12.1 Å². The molecule has 0 aliphatic heterocycles. The first kappa shape index (κ1) is 18.4. The Balaban J connectivity index is 2.48. The van der Waals surface area contributed by atoms with Crippen molar-refractivity contribution in [1.29, 1.82) is 0 Å². The van der Waals surface area contributed by atoms with Crippen LogP contribution >= 0.6 is 11.6 Å². The molecule has 4 nitrogen and oxygen atoms in total. The maximum absolute atomic E-state index is 12.8. The molecule has 9 heteroatoms. The number of ether oxygens (including phenoxy) is 1. The summed E-state index contributed by atoms with van der Waals surface area (Å²) in [5.41, 5.74) is -0.362. The minimum absolute atomic E-state index is 0.127. The molecule has 0 amide bonds. The molecule has 0 aromatic heterocycles. The van der Waals surface area contributed by atoms with Gasteiger partial charge in [0.1, 0.15) is 4.90 Å². The molecule has 0 fully saturated rings.